The molecule has 1 N–H and O–H groups in total. The van der Waals surface area contributed by atoms with Gasteiger partial charge in [-0.3, -0.25) is 9.69 Å². The third-order valence-corrected chi connectivity index (χ3v) is 4.93. The number of benzene rings is 2. The average Bonchev–Trinajstić information content (AvgIpc) is 2.63. The normalized spacial score (nSPS) is 19.0. The molecular formula is C20H19N3O. The number of nitrogens with zero attached hydrogens (tertiary/aromatic N) is 2. The second-order valence-electron chi connectivity index (χ2n) is 6.42. The van der Waals surface area contributed by atoms with Crippen LogP contribution >= 0.6 is 0 Å². The van der Waals surface area contributed by atoms with Gasteiger partial charge in [-0.05, 0) is 54.5 Å². The van der Waals surface area contributed by atoms with Crippen LogP contribution in [0, 0.1) is 11.3 Å². The molecule has 1 aliphatic carbocycles. The first-order valence-corrected chi connectivity index (χ1v) is 8.43. The molecule has 1 aliphatic heterocycles. The molecule has 0 bridgehead atoms. The number of anilines is 2. The van der Waals surface area contributed by atoms with Crippen LogP contribution in [0.4, 0.5) is 11.4 Å². The second-order valence-corrected chi connectivity index (χ2v) is 6.42. The van der Waals surface area contributed by atoms with Crippen LogP contribution in [0.25, 0.3) is 0 Å². The van der Waals surface area contributed by atoms with Crippen molar-refractivity contribution in [2.24, 2.45) is 0 Å². The quantitative estimate of drug-likeness (QED) is 0.861. The van der Waals surface area contributed by atoms with Crippen LogP contribution in [0.1, 0.15) is 35.6 Å². The predicted octanol–water partition coefficient (Wildman–Crippen LogP) is 3.59. The van der Waals surface area contributed by atoms with Gasteiger partial charge in [-0.15, -0.1) is 0 Å². The average molecular weight is 317 g/mol. The van der Waals surface area contributed by atoms with E-state index in [4.69, 9.17) is 0 Å². The van der Waals surface area contributed by atoms with Crippen molar-refractivity contribution in [1.82, 2.24) is 0 Å². The van der Waals surface area contributed by atoms with Gasteiger partial charge in [-0.2, -0.15) is 5.26 Å². The molecule has 2 aromatic carbocycles. The molecule has 1 unspecified atom stereocenters. The van der Waals surface area contributed by atoms with E-state index in [-0.39, 0.29) is 12.5 Å². The lowest BCUT2D eigenvalue weighted by atomic mass is 9.89. The highest BCUT2D eigenvalue weighted by Crippen LogP contribution is 2.40. The maximum absolute atomic E-state index is 13.0. The minimum absolute atomic E-state index is 0.0639. The number of nitriles is 1. The number of nitrogens with one attached hydrogen (secondary N) is 1. The summed E-state index contributed by atoms with van der Waals surface area (Å²) in [5, 5.41) is 12.6. The number of carbonyl (C=O) groups excluding carboxylic acids is 1. The molecule has 0 radical (unpaired) electrons. The molecule has 0 spiro atoms. The minimum Gasteiger partial charge on any atom is -0.368 e. The van der Waals surface area contributed by atoms with Crippen molar-refractivity contribution >= 4 is 17.3 Å². The molecule has 2 aromatic rings. The lowest BCUT2D eigenvalue weighted by Crippen LogP contribution is -2.42. The standard InChI is InChI=1S/C20H19N3O/c21-10-11-23-18-13-16-9-5-4-8-15(16)12-17(18)22-19(20(23)24)14-6-2-1-3-7-14/h1-3,6-7,12-13,19,22H,4-5,8-9,11H2. The molecular weight excluding hydrogens is 298 g/mol. The smallest absolute Gasteiger partial charge is 0.255 e. The highest BCUT2D eigenvalue weighted by Gasteiger charge is 2.34. The van der Waals surface area contributed by atoms with Gasteiger partial charge < -0.3 is 5.32 Å². The fourth-order valence-electron chi connectivity index (χ4n) is 3.71. The van der Waals surface area contributed by atoms with E-state index < -0.39 is 6.04 Å². The zero-order valence-electron chi connectivity index (χ0n) is 13.5. The van der Waals surface area contributed by atoms with Crippen molar-refractivity contribution in [2.75, 3.05) is 16.8 Å². The van der Waals surface area contributed by atoms with Gasteiger partial charge in [0.15, 0.2) is 0 Å². The Morgan fingerprint density at radius 2 is 1.83 bits per heavy atom. The van der Waals surface area contributed by atoms with Gasteiger partial charge in [-0.25, -0.2) is 0 Å². The van der Waals surface area contributed by atoms with E-state index >= 15 is 0 Å². The molecule has 4 nitrogen and oxygen atoms in total. The third-order valence-electron chi connectivity index (χ3n) is 4.93. The third kappa shape index (κ3) is 2.43. The summed E-state index contributed by atoms with van der Waals surface area (Å²) in [6, 6.07) is 15.7. The van der Waals surface area contributed by atoms with Crippen molar-refractivity contribution in [2.45, 2.75) is 31.7 Å². The lowest BCUT2D eigenvalue weighted by molar-refractivity contribution is -0.119. The predicted molar refractivity (Wildman–Crippen MR) is 93.9 cm³/mol. The molecule has 4 rings (SSSR count). The Morgan fingerprint density at radius 3 is 2.54 bits per heavy atom. The van der Waals surface area contributed by atoms with E-state index in [2.05, 4.69) is 23.5 Å². The van der Waals surface area contributed by atoms with Crippen molar-refractivity contribution in [3.8, 4) is 6.07 Å². The number of fused-ring (bicyclic) bond motifs is 2. The summed E-state index contributed by atoms with van der Waals surface area (Å²) in [6.07, 6.45) is 4.55. The van der Waals surface area contributed by atoms with E-state index in [9.17, 15) is 10.1 Å². The summed E-state index contributed by atoms with van der Waals surface area (Å²) < 4.78 is 0. The lowest BCUT2D eigenvalue weighted by Gasteiger charge is -2.35. The van der Waals surface area contributed by atoms with Gasteiger partial charge in [0.05, 0.1) is 17.4 Å². The molecule has 1 heterocycles. The fourth-order valence-corrected chi connectivity index (χ4v) is 3.71. The zero-order chi connectivity index (χ0) is 16.5. The summed E-state index contributed by atoms with van der Waals surface area (Å²) in [5.74, 6) is -0.0639. The summed E-state index contributed by atoms with van der Waals surface area (Å²) in [5.41, 5.74) is 5.41. The van der Waals surface area contributed by atoms with Crippen LogP contribution in [0.3, 0.4) is 0 Å². The van der Waals surface area contributed by atoms with Crippen molar-refractivity contribution in [1.29, 1.82) is 5.26 Å². The first-order valence-electron chi connectivity index (χ1n) is 8.43. The molecule has 1 atom stereocenters. The molecule has 4 heteroatoms. The molecule has 24 heavy (non-hydrogen) atoms. The molecule has 0 saturated heterocycles. The Hall–Kier alpha value is -2.80. The fraction of sp³-hybridized carbons (Fsp3) is 0.300. The van der Waals surface area contributed by atoms with Crippen LogP contribution in [-0.4, -0.2) is 12.5 Å². The summed E-state index contributed by atoms with van der Waals surface area (Å²) >= 11 is 0. The summed E-state index contributed by atoms with van der Waals surface area (Å²) in [4.78, 5) is 14.6. The molecule has 2 aliphatic rings. The van der Waals surface area contributed by atoms with Gasteiger partial charge in [0, 0.05) is 0 Å². The second kappa shape index (κ2) is 6.01. The monoisotopic (exact) mass is 317 g/mol. The Balaban J connectivity index is 1.80. The molecule has 0 fully saturated rings. The number of hydrogen-bond acceptors (Lipinski definition) is 3. The van der Waals surface area contributed by atoms with Crippen LogP contribution in [0.5, 0.6) is 0 Å². The van der Waals surface area contributed by atoms with Crippen LogP contribution < -0.4 is 10.2 Å². The first-order chi connectivity index (χ1) is 11.8. The van der Waals surface area contributed by atoms with E-state index in [1.807, 2.05) is 30.3 Å². The van der Waals surface area contributed by atoms with Gasteiger partial charge in [-0.1, -0.05) is 30.3 Å². The topological polar surface area (TPSA) is 56.1 Å². The van der Waals surface area contributed by atoms with E-state index in [0.717, 1.165) is 29.8 Å². The van der Waals surface area contributed by atoms with Crippen molar-refractivity contribution < 1.29 is 4.79 Å². The van der Waals surface area contributed by atoms with E-state index in [0.29, 0.717) is 0 Å². The number of amides is 1. The van der Waals surface area contributed by atoms with Crippen molar-refractivity contribution in [3.63, 3.8) is 0 Å². The molecule has 0 aromatic heterocycles. The number of hydrogen-bond donors (Lipinski definition) is 1. The largest absolute Gasteiger partial charge is 0.368 e. The van der Waals surface area contributed by atoms with Crippen LogP contribution in [0.15, 0.2) is 42.5 Å². The number of aryl methyl sites for hydroxylation is 2. The highest BCUT2D eigenvalue weighted by atomic mass is 16.2. The number of rotatable bonds is 2. The highest BCUT2D eigenvalue weighted by molar-refractivity contribution is 6.06. The van der Waals surface area contributed by atoms with E-state index in [1.54, 1.807) is 4.90 Å². The summed E-state index contributed by atoms with van der Waals surface area (Å²) in [7, 11) is 0. The van der Waals surface area contributed by atoms with Gasteiger partial charge in [0.25, 0.3) is 5.91 Å². The Bertz CT molecular complexity index is 823. The Labute approximate surface area is 141 Å². The summed E-state index contributed by atoms with van der Waals surface area (Å²) in [6.45, 7) is 0.0790. The minimum atomic E-state index is -0.436. The molecule has 120 valence electrons. The van der Waals surface area contributed by atoms with Gasteiger partial charge in [0.1, 0.15) is 12.6 Å². The van der Waals surface area contributed by atoms with Crippen LogP contribution in [-0.2, 0) is 17.6 Å². The zero-order valence-corrected chi connectivity index (χ0v) is 13.5. The Kier molecular flexibility index (Phi) is 3.70. The van der Waals surface area contributed by atoms with Gasteiger partial charge >= 0.3 is 0 Å². The van der Waals surface area contributed by atoms with Crippen molar-refractivity contribution in [3.05, 3.63) is 59.2 Å². The SMILES string of the molecule is N#CCN1C(=O)C(c2ccccc2)Nc2cc3c(cc21)CCCC3. The van der Waals surface area contributed by atoms with E-state index in [1.165, 1.54) is 24.0 Å². The molecule has 0 saturated carbocycles. The first kappa shape index (κ1) is 14.8. The van der Waals surface area contributed by atoms with Gasteiger partial charge in [0.2, 0.25) is 0 Å². The maximum atomic E-state index is 13.0. The maximum Gasteiger partial charge on any atom is 0.255 e. The number of carbonyl (C=O) groups is 1. The Morgan fingerprint density at radius 1 is 1.12 bits per heavy atom. The molecule has 1 amide bonds. The van der Waals surface area contributed by atoms with Crippen LogP contribution in [0.2, 0.25) is 0 Å².